The largest absolute Gasteiger partial charge is 0.0683 e. The maximum absolute atomic E-state index is 2.25. The Hall–Kier alpha value is -1.30. The Bertz CT molecular complexity index is 522. The highest BCUT2D eigenvalue weighted by Crippen LogP contribution is 2.33. The van der Waals surface area contributed by atoms with Crippen LogP contribution in [0.4, 0.5) is 0 Å². The first-order chi connectivity index (χ1) is 8.45. The quantitative estimate of drug-likeness (QED) is 0.554. The molecular formula is C18H26. The summed E-state index contributed by atoms with van der Waals surface area (Å²) in [4.78, 5) is 0. The Morgan fingerprint density at radius 3 is 1.06 bits per heavy atom. The van der Waals surface area contributed by atoms with Gasteiger partial charge in [0.05, 0.1) is 0 Å². The topological polar surface area (TPSA) is 0 Å². The third kappa shape index (κ3) is 2.16. The maximum Gasteiger partial charge on any atom is -0.0117 e. The van der Waals surface area contributed by atoms with Crippen molar-refractivity contribution in [2.45, 2.75) is 55.4 Å². The number of aryl methyl sites for hydroxylation is 4. The van der Waals surface area contributed by atoms with Crippen LogP contribution in [0.5, 0.6) is 0 Å². The lowest BCUT2D eigenvalue weighted by Crippen LogP contribution is -1.97. The van der Waals surface area contributed by atoms with Crippen molar-refractivity contribution in [2.75, 3.05) is 0 Å². The molecule has 0 saturated carbocycles. The van der Waals surface area contributed by atoms with E-state index in [9.17, 15) is 0 Å². The van der Waals surface area contributed by atoms with Gasteiger partial charge >= 0.3 is 0 Å². The fourth-order valence-electron chi connectivity index (χ4n) is 2.72. The number of hydrogen-bond acceptors (Lipinski definition) is 0. The van der Waals surface area contributed by atoms with Crippen LogP contribution in [0.15, 0.2) is 12.1 Å². The van der Waals surface area contributed by atoms with Crippen LogP contribution in [0, 0.1) is 41.5 Å². The first kappa shape index (κ1) is 14.8. The van der Waals surface area contributed by atoms with Gasteiger partial charge in [-0.15, -0.1) is 0 Å². The summed E-state index contributed by atoms with van der Waals surface area (Å²) in [6, 6.07) is 4.47. The molecule has 2 aromatic rings. The van der Waals surface area contributed by atoms with E-state index in [1.54, 1.807) is 0 Å². The first-order valence-electron chi connectivity index (χ1n) is 6.91. The van der Waals surface area contributed by atoms with Crippen molar-refractivity contribution < 1.29 is 0 Å². The Labute approximate surface area is 112 Å². The van der Waals surface area contributed by atoms with Crippen LogP contribution in [0.1, 0.15) is 47.2 Å². The molecule has 0 N–H and O–H groups in total. The second-order valence-corrected chi connectivity index (χ2v) is 4.95. The van der Waals surface area contributed by atoms with E-state index >= 15 is 0 Å². The lowest BCUT2D eigenvalue weighted by molar-refractivity contribution is 1.24. The van der Waals surface area contributed by atoms with Gasteiger partial charge in [0.2, 0.25) is 0 Å². The van der Waals surface area contributed by atoms with E-state index < -0.39 is 0 Å². The Morgan fingerprint density at radius 2 is 0.778 bits per heavy atom. The summed E-state index contributed by atoms with van der Waals surface area (Å²) in [7, 11) is 0. The van der Waals surface area contributed by atoms with Crippen LogP contribution >= 0.6 is 0 Å². The summed E-state index contributed by atoms with van der Waals surface area (Å²) in [5, 5.41) is 2.92. The standard InChI is InChI=1S/C16H20.C2H6/c1-9-7-8-10(2)16-14(6)12(4)11(3)13(5)15(9)16;1-2/h7-8H,1-6H3;1-2H3. The first-order valence-corrected chi connectivity index (χ1v) is 6.91. The number of benzene rings is 2. The van der Waals surface area contributed by atoms with E-state index in [1.807, 2.05) is 13.8 Å². The van der Waals surface area contributed by atoms with Crippen molar-refractivity contribution in [3.8, 4) is 0 Å². The average molecular weight is 242 g/mol. The summed E-state index contributed by atoms with van der Waals surface area (Å²) in [5.41, 5.74) is 8.56. The lowest BCUT2D eigenvalue weighted by Gasteiger charge is -2.17. The molecule has 0 saturated heterocycles. The zero-order valence-corrected chi connectivity index (χ0v) is 13.2. The summed E-state index contributed by atoms with van der Waals surface area (Å²) < 4.78 is 0. The molecule has 2 aromatic carbocycles. The second-order valence-electron chi connectivity index (χ2n) is 4.95. The fraction of sp³-hybridized carbons (Fsp3) is 0.444. The highest BCUT2D eigenvalue weighted by molar-refractivity contribution is 5.95. The average Bonchev–Trinajstić information content (AvgIpc) is 2.38. The molecule has 18 heavy (non-hydrogen) atoms. The van der Waals surface area contributed by atoms with Crippen molar-refractivity contribution in [1.29, 1.82) is 0 Å². The van der Waals surface area contributed by atoms with Gasteiger partial charge in [0.25, 0.3) is 0 Å². The molecule has 98 valence electrons. The third-order valence-corrected chi connectivity index (χ3v) is 4.06. The maximum atomic E-state index is 2.25. The normalized spacial score (nSPS) is 10.2. The molecule has 0 heterocycles. The Kier molecular flexibility index (Phi) is 4.56. The van der Waals surface area contributed by atoms with Gasteiger partial charge in [-0.3, -0.25) is 0 Å². The molecule has 0 aliphatic heterocycles. The van der Waals surface area contributed by atoms with Crippen LogP contribution < -0.4 is 0 Å². The molecule has 0 spiro atoms. The van der Waals surface area contributed by atoms with Gasteiger partial charge in [-0.1, -0.05) is 26.0 Å². The van der Waals surface area contributed by atoms with Crippen molar-refractivity contribution in [3.05, 3.63) is 45.5 Å². The Balaban J connectivity index is 0.000000771. The molecular weight excluding hydrogens is 216 g/mol. The summed E-state index contributed by atoms with van der Waals surface area (Å²) >= 11 is 0. The smallest absolute Gasteiger partial charge is 0.0117 e. The van der Waals surface area contributed by atoms with Crippen LogP contribution in [0.3, 0.4) is 0 Å². The second kappa shape index (κ2) is 5.56. The summed E-state index contributed by atoms with van der Waals surface area (Å²) in [6.45, 7) is 17.4. The predicted octanol–water partition coefficient (Wildman–Crippen LogP) is 5.72. The van der Waals surface area contributed by atoms with Crippen molar-refractivity contribution in [3.63, 3.8) is 0 Å². The number of fused-ring (bicyclic) bond motifs is 1. The van der Waals surface area contributed by atoms with Crippen molar-refractivity contribution in [1.82, 2.24) is 0 Å². The molecule has 0 aromatic heterocycles. The van der Waals surface area contributed by atoms with Crippen LogP contribution in [0.25, 0.3) is 10.8 Å². The highest BCUT2D eigenvalue weighted by Gasteiger charge is 2.11. The van der Waals surface area contributed by atoms with Crippen molar-refractivity contribution in [2.24, 2.45) is 0 Å². The van der Waals surface area contributed by atoms with E-state index in [2.05, 4.69) is 53.7 Å². The molecule has 0 fully saturated rings. The van der Waals surface area contributed by atoms with Crippen LogP contribution in [-0.4, -0.2) is 0 Å². The molecule has 0 atom stereocenters. The van der Waals surface area contributed by atoms with Crippen LogP contribution in [-0.2, 0) is 0 Å². The molecule has 0 aliphatic rings. The third-order valence-electron chi connectivity index (χ3n) is 4.06. The molecule has 0 radical (unpaired) electrons. The van der Waals surface area contributed by atoms with Crippen LogP contribution in [0.2, 0.25) is 0 Å². The van der Waals surface area contributed by atoms with Gasteiger partial charge in [-0.25, -0.2) is 0 Å². The minimum atomic E-state index is 1.39. The molecule has 0 unspecified atom stereocenters. The van der Waals surface area contributed by atoms with Gasteiger partial charge in [-0.05, 0) is 85.7 Å². The van der Waals surface area contributed by atoms with E-state index in [-0.39, 0.29) is 0 Å². The van der Waals surface area contributed by atoms with Gasteiger partial charge in [0.1, 0.15) is 0 Å². The monoisotopic (exact) mass is 242 g/mol. The van der Waals surface area contributed by atoms with Gasteiger partial charge in [-0.2, -0.15) is 0 Å². The van der Waals surface area contributed by atoms with E-state index in [0.29, 0.717) is 0 Å². The van der Waals surface area contributed by atoms with Gasteiger partial charge in [0.15, 0.2) is 0 Å². The molecule has 0 heteroatoms. The van der Waals surface area contributed by atoms with Gasteiger partial charge < -0.3 is 0 Å². The lowest BCUT2D eigenvalue weighted by atomic mass is 9.87. The number of rotatable bonds is 0. The number of hydrogen-bond donors (Lipinski definition) is 0. The van der Waals surface area contributed by atoms with Crippen molar-refractivity contribution >= 4 is 10.8 Å². The minimum Gasteiger partial charge on any atom is -0.0683 e. The molecule has 0 bridgehead atoms. The van der Waals surface area contributed by atoms with Gasteiger partial charge in [0, 0.05) is 0 Å². The zero-order valence-electron chi connectivity index (χ0n) is 13.2. The molecule has 0 aliphatic carbocycles. The summed E-state index contributed by atoms with van der Waals surface area (Å²) in [6.07, 6.45) is 0. The zero-order chi connectivity index (χ0) is 14.0. The molecule has 0 nitrogen and oxygen atoms in total. The fourth-order valence-corrected chi connectivity index (χ4v) is 2.72. The van der Waals surface area contributed by atoms with E-state index in [0.717, 1.165) is 0 Å². The van der Waals surface area contributed by atoms with E-state index in [4.69, 9.17) is 0 Å². The SMILES string of the molecule is CC.Cc1c(C)c(C)c2c(C)ccc(C)c2c1C. The molecule has 2 rings (SSSR count). The van der Waals surface area contributed by atoms with E-state index in [1.165, 1.54) is 44.2 Å². The Morgan fingerprint density at radius 1 is 0.500 bits per heavy atom. The minimum absolute atomic E-state index is 1.39. The molecule has 0 amide bonds. The predicted molar refractivity (Wildman–Crippen MR) is 83.7 cm³/mol. The summed E-state index contributed by atoms with van der Waals surface area (Å²) in [5.74, 6) is 0. The highest BCUT2D eigenvalue weighted by atomic mass is 14.2.